The van der Waals surface area contributed by atoms with Crippen LogP contribution in [0.25, 0.3) is 11.0 Å². The number of hydrogen-bond acceptors (Lipinski definition) is 3. The van der Waals surface area contributed by atoms with Gasteiger partial charge in [0.15, 0.2) is 0 Å². The molecule has 0 fully saturated rings. The van der Waals surface area contributed by atoms with Gasteiger partial charge in [0, 0.05) is 24.8 Å². The number of hydrogen-bond donors (Lipinski definition) is 1. The van der Waals surface area contributed by atoms with E-state index < -0.39 is 0 Å². The van der Waals surface area contributed by atoms with Gasteiger partial charge < -0.3 is 9.73 Å². The molecule has 18 heavy (non-hydrogen) atoms. The number of nitrogens with one attached hydrogen (secondary N) is 1. The molecule has 0 atom stereocenters. The second-order valence-corrected chi connectivity index (χ2v) is 4.02. The van der Waals surface area contributed by atoms with E-state index in [1.807, 2.05) is 30.3 Å². The molecule has 0 bridgehead atoms. The Hall–Kier alpha value is -2.28. The quantitative estimate of drug-likeness (QED) is 0.875. The van der Waals surface area contributed by atoms with Crippen LogP contribution < -0.4 is 5.32 Å². The molecule has 0 unspecified atom stereocenters. The third-order valence-corrected chi connectivity index (χ3v) is 2.74. The first-order valence-electron chi connectivity index (χ1n) is 5.90. The molecule has 0 aliphatic rings. The van der Waals surface area contributed by atoms with Gasteiger partial charge in [-0.25, -0.2) is 0 Å². The Morgan fingerprint density at radius 1 is 1.39 bits per heavy atom. The van der Waals surface area contributed by atoms with Gasteiger partial charge in [0.05, 0.1) is 12.3 Å². The average Bonchev–Trinajstić information content (AvgIpc) is 2.80. The summed E-state index contributed by atoms with van der Waals surface area (Å²) in [5, 5.41) is 12.2. The molecule has 4 nitrogen and oxygen atoms in total. The summed E-state index contributed by atoms with van der Waals surface area (Å²) in [4.78, 5) is 11.3. The monoisotopic (exact) mass is 242 g/mol. The number of benzene rings is 1. The Morgan fingerprint density at radius 2 is 2.22 bits per heavy atom. The number of fused-ring (bicyclic) bond motifs is 1. The molecule has 0 saturated carbocycles. The van der Waals surface area contributed by atoms with Crippen molar-refractivity contribution in [2.45, 2.75) is 19.3 Å². The molecule has 0 saturated heterocycles. The molecule has 1 heterocycles. The minimum atomic E-state index is -0.0793. The van der Waals surface area contributed by atoms with E-state index in [-0.39, 0.29) is 18.7 Å². The molecule has 1 amide bonds. The second-order valence-electron chi connectivity index (χ2n) is 4.02. The maximum Gasteiger partial charge on any atom is 0.221 e. The van der Waals surface area contributed by atoms with Crippen molar-refractivity contribution in [3.8, 4) is 6.07 Å². The number of para-hydroxylation sites is 1. The minimum absolute atomic E-state index is 0.0793. The van der Waals surface area contributed by atoms with Gasteiger partial charge in [0.1, 0.15) is 5.58 Å². The minimum Gasteiger partial charge on any atom is -0.464 e. The molecule has 1 N–H and O–H groups in total. The van der Waals surface area contributed by atoms with Gasteiger partial charge in [-0.15, -0.1) is 0 Å². The van der Waals surface area contributed by atoms with Gasteiger partial charge in [-0.2, -0.15) is 5.26 Å². The van der Waals surface area contributed by atoms with Crippen molar-refractivity contribution in [3.63, 3.8) is 0 Å². The van der Waals surface area contributed by atoms with Crippen molar-refractivity contribution in [2.75, 3.05) is 6.54 Å². The van der Waals surface area contributed by atoms with Crippen LogP contribution in [-0.4, -0.2) is 12.5 Å². The maximum absolute atomic E-state index is 11.3. The number of nitriles is 1. The highest BCUT2D eigenvalue weighted by atomic mass is 16.3. The molecule has 2 rings (SSSR count). The molecule has 2 aromatic rings. The molecule has 1 aromatic heterocycles. The summed E-state index contributed by atoms with van der Waals surface area (Å²) in [6.07, 6.45) is 2.99. The highest BCUT2D eigenvalue weighted by Gasteiger charge is 2.05. The topological polar surface area (TPSA) is 66.0 Å². The van der Waals surface area contributed by atoms with Crippen LogP contribution in [-0.2, 0) is 11.2 Å². The first kappa shape index (κ1) is 12.2. The van der Waals surface area contributed by atoms with E-state index in [9.17, 15) is 4.79 Å². The molecule has 92 valence electrons. The molecule has 0 aliphatic carbocycles. The predicted molar refractivity (Wildman–Crippen MR) is 67.8 cm³/mol. The first-order valence-corrected chi connectivity index (χ1v) is 5.90. The van der Waals surface area contributed by atoms with E-state index in [2.05, 4.69) is 5.32 Å². The van der Waals surface area contributed by atoms with Gasteiger partial charge >= 0.3 is 0 Å². The van der Waals surface area contributed by atoms with E-state index in [1.54, 1.807) is 6.26 Å². The van der Waals surface area contributed by atoms with Crippen molar-refractivity contribution in [3.05, 3.63) is 36.1 Å². The average molecular weight is 242 g/mol. The summed E-state index contributed by atoms with van der Waals surface area (Å²) >= 11 is 0. The zero-order valence-electron chi connectivity index (χ0n) is 9.98. The van der Waals surface area contributed by atoms with Crippen LogP contribution in [0.3, 0.4) is 0 Å². The Bertz CT molecular complexity index is 581. The lowest BCUT2D eigenvalue weighted by atomic mass is 10.1. The summed E-state index contributed by atoms with van der Waals surface area (Å²) in [6.45, 7) is 0.563. The maximum atomic E-state index is 11.3. The summed E-state index contributed by atoms with van der Waals surface area (Å²) in [6, 6.07) is 9.77. The summed E-state index contributed by atoms with van der Waals surface area (Å²) in [7, 11) is 0. The zero-order chi connectivity index (χ0) is 12.8. The SMILES string of the molecule is N#CCCC(=O)NCCc1coc2ccccc12. The van der Waals surface area contributed by atoms with Crippen LogP contribution in [0, 0.1) is 11.3 Å². The van der Waals surface area contributed by atoms with E-state index in [1.165, 1.54) is 0 Å². The van der Waals surface area contributed by atoms with Gasteiger partial charge in [0.2, 0.25) is 5.91 Å². The van der Waals surface area contributed by atoms with Gasteiger partial charge in [-0.05, 0) is 18.1 Å². The predicted octanol–water partition coefficient (Wildman–Crippen LogP) is 2.40. The second kappa shape index (κ2) is 5.87. The van der Waals surface area contributed by atoms with Crippen LogP contribution in [0.15, 0.2) is 34.9 Å². The lowest BCUT2D eigenvalue weighted by Gasteiger charge is -2.02. The van der Waals surface area contributed by atoms with Crippen molar-refractivity contribution in [1.29, 1.82) is 5.26 Å². The van der Waals surface area contributed by atoms with E-state index in [0.717, 1.165) is 23.0 Å². The number of nitrogens with zero attached hydrogens (tertiary/aromatic N) is 1. The van der Waals surface area contributed by atoms with Gasteiger partial charge in [-0.3, -0.25) is 4.79 Å². The smallest absolute Gasteiger partial charge is 0.221 e. The van der Waals surface area contributed by atoms with Crippen LogP contribution in [0.1, 0.15) is 18.4 Å². The summed E-state index contributed by atoms with van der Waals surface area (Å²) in [5.41, 5.74) is 1.95. The summed E-state index contributed by atoms with van der Waals surface area (Å²) in [5.74, 6) is -0.0793. The van der Waals surface area contributed by atoms with Crippen molar-refractivity contribution < 1.29 is 9.21 Å². The third-order valence-electron chi connectivity index (χ3n) is 2.74. The van der Waals surface area contributed by atoms with Crippen molar-refractivity contribution in [2.24, 2.45) is 0 Å². The number of carbonyl (C=O) groups is 1. The lowest BCUT2D eigenvalue weighted by Crippen LogP contribution is -2.25. The zero-order valence-corrected chi connectivity index (χ0v) is 9.98. The Balaban J connectivity index is 1.87. The number of amides is 1. The normalized spacial score (nSPS) is 10.2. The van der Waals surface area contributed by atoms with Crippen LogP contribution in [0.5, 0.6) is 0 Å². The molecule has 4 heteroatoms. The Labute approximate surface area is 105 Å². The number of rotatable bonds is 5. The summed E-state index contributed by atoms with van der Waals surface area (Å²) < 4.78 is 5.42. The largest absolute Gasteiger partial charge is 0.464 e. The lowest BCUT2D eigenvalue weighted by molar-refractivity contribution is -0.120. The molecule has 0 radical (unpaired) electrons. The van der Waals surface area contributed by atoms with Crippen LogP contribution in [0.2, 0.25) is 0 Å². The van der Waals surface area contributed by atoms with E-state index in [4.69, 9.17) is 9.68 Å². The molecular weight excluding hydrogens is 228 g/mol. The van der Waals surface area contributed by atoms with E-state index in [0.29, 0.717) is 6.54 Å². The first-order chi connectivity index (χ1) is 8.81. The molecule has 0 aliphatic heterocycles. The van der Waals surface area contributed by atoms with E-state index >= 15 is 0 Å². The fourth-order valence-electron chi connectivity index (χ4n) is 1.82. The fraction of sp³-hybridized carbons (Fsp3) is 0.286. The molecule has 0 spiro atoms. The van der Waals surface area contributed by atoms with Gasteiger partial charge in [-0.1, -0.05) is 18.2 Å². The highest BCUT2D eigenvalue weighted by molar-refractivity contribution is 5.81. The highest BCUT2D eigenvalue weighted by Crippen LogP contribution is 2.20. The van der Waals surface area contributed by atoms with Crippen molar-refractivity contribution in [1.82, 2.24) is 5.32 Å². The van der Waals surface area contributed by atoms with Crippen LogP contribution >= 0.6 is 0 Å². The van der Waals surface area contributed by atoms with Gasteiger partial charge in [0.25, 0.3) is 0 Å². The molecule has 1 aromatic carbocycles. The third kappa shape index (κ3) is 2.89. The van der Waals surface area contributed by atoms with Crippen LogP contribution in [0.4, 0.5) is 0 Å². The standard InChI is InChI=1S/C14H14N2O2/c15-8-3-6-14(17)16-9-7-11-10-18-13-5-2-1-4-12(11)13/h1-2,4-5,10H,3,6-7,9H2,(H,16,17). The Kier molecular flexibility index (Phi) is 3.98. The number of carbonyl (C=O) groups excluding carboxylic acids is 1. The molecular formula is C14H14N2O2. The number of furan rings is 1. The fourth-order valence-corrected chi connectivity index (χ4v) is 1.82. The van der Waals surface area contributed by atoms with Crippen molar-refractivity contribution >= 4 is 16.9 Å². The Morgan fingerprint density at radius 3 is 3.06 bits per heavy atom.